The van der Waals surface area contributed by atoms with Gasteiger partial charge >= 0.3 is 0 Å². The van der Waals surface area contributed by atoms with Crippen molar-refractivity contribution in [2.24, 2.45) is 0 Å². The Balaban J connectivity index is 1.37. The number of nitrogen functional groups attached to an aromatic ring is 1. The molecule has 3 aromatic rings. The molecule has 162 valence electrons. The Morgan fingerprint density at radius 2 is 2.23 bits per heavy atom. The van der Waals surface area contributed by atoms with Crippen LogP contribution in [0.5, 0.6) is 0 Å². The number of fused-ring (bicyclic) bond motifs is 1. The van der Waals surface area contributed by atoms with Crippen molar-refractivity contribution in [1.82, 2.24) is 24.8 Å². The second kappa shape index (κ2) is 9.44. The largest absolute Gasteiger partial charge is 0.375 e. The molecule has 0 spiro atoms. The summed E-state index contributed by atoms with van der Waals surface area (Å²) in [5.41, 5.74) is 7.26. The summed E-state index contributed by atoms with van der Waals surface area (Å²) in [6.45, 7) is 0.304. The van der Waals surface area contributed by atoms with E-state index >= 15 is 0 Å². The predicted molar refractivity (Wildman–Crippen MR) is 120 cm³/mol. The monoisotopic (exact) mass is 459 g/mol. The molecule has 1 aliphatic rings. The van der Waals surface area contributed by atoms with Crippen molar-refractivity contribution in [3.8, 4) is 0 Å². The van der Waals surface area contributed by atoms with Gasteiger partial charge in [-0.05, 0) is 25.0 Å². The van der Waals surface area contributed by atoms with Gasteiger partial charge in [-0.1, -0.05) is 17.7 Å². The lowest BCUT2D eigenvalue weighted by atomic mass is 9.98. The molecular formula is C20H22ClN7O2S. The van der Waals surface area contributed by atoms with Crippen LogP contribution in [0.4, 0.5) is 10.9 Å². The summed E-state index contributed by atoms with van der Waals surface area (Å²) < 4.78 is 1.21. The maximum atomic E-state index is 12.8. The number of thiazole rings is 1. The van der Waals surface area contributed by atoms with Gasteiger partial charge < -0.3 is 16.4 Å². The fourth-order valence-electron chi connectivity index (χ4n) is 3.53. The highest BCUT2D eigenvalue weighted by atomic mass is 35.5. The fourth-order valence-corrected chi connectivity index (χ4v) is 4.67. The van der Waals surface area contributed by atoms with Crippen LogP contribution in [0.2, 0.25) is 5.15 Å². The molecule has 1 amide bonds. The maximum Gasteiger partial charge on any atom is 0.294 e. The van der Waals surface area contributed by atoms with E-state index in [4.69, 9.17) is 17.3 Å². The number of rotatable bonds is 7. The van der Waals surface area contributed by atoms with E-state index in [2.05, 4.69) is 25.6 Å². The number of carbonyl (C=O) groups is 1. The van der Waals surface area contributed by atoms with Crippen molar-refractivity contribution >= 4 is 39.8 Å². The highest BCUT2D eigenvalue weighted by Crippen LogP contribution is 2.28. The lowest BCUT2D eigenvalue weighted by Crippen LogP contribution is -2.42. The molecule has 0 saturated carbocycles. The molecule has 4 N–H and O–H groups in total. The third kappa shape index (κ3) is 5.20. The van der Waals surface area contributed by atoms with Crippen LogP contribution in [0.3, 0.4) is 0 Å². The highest BCUT2D eigenvalue weighted by molar-refractivity contribution is 7.15. The maximum absolute atomic E-state index is 12.8. The zero-order chi connectivity index (χ0) is 21.8. The van der Waals surface area contributed by atoms with Gasteiger partial charge in [-0.25, -0.2) is 9.97 Å². The van der Waals surface area contributed by atoms with Gasteiger partial charge in [-0.15, -0.1) is 11.3 Å². The van der Waals surface area contributed by atoms with Gasteiger partial charge in [-0.3, -0.25) is 19.1 Å². The zero-order valence-electron chi connectivity index (χ0n) is 16.7. The van der Waals surface area contributed by atoms with E-state index in [1.807, 2.05) is 18.2 Å². The SMILES string of the molecule is Nc1nc2c(s1)C[C@H](NC(=O)Cn1c(Cl)cnc(NCCc3ccccn3)c1=O)CC2. The molecule has 0 aliphatic heterocycles. The second-order valence-corrected chi connectivity index (χ2v) is 8.75. The van der Waals surface area contributed by atoms with E-state index < -0.39 is 5.56 Å². The van der Waals surface area contributed by atoms with E-state index in [0.29, 0.717) is 24.5 Å². The molecule has 0 fully saturated rings. The van der Waals surface area contributed by atoms with Crippen LogP contribution in [-0.2, 0) is 30.6 Å². The van der Waals surface area contributed by atoms with Gasteiger partial charge in [0.15, 0.2) is 10.9 Å². The summed E-state index contributed by atoms with van der Waals surface area (Å²) in [6, 6.07) is 5.65. The first-order valence-electron chi connectivity index (χ1n) is 9.92. The molecule has 0 bridgehead atoms. The van der Waals surface area contributed by atoms with E-state index in [1.54, 1.807) is 6.20 Å². The van der Waals surface area contributed by atoms with Crippen LogP contribution in [0.25, 0.3) is 0 Å². The number of hydrogen-bond donors (Lipinski definition) is 3. The lowest BCUT2D eigenvalue weighted by Gasteiger charge is -2.22. The van der Waals surface area contributed by atoms with Crippen LogP contribution in [0.1, 0.15) is 22.7 Å². The topological polar surface area (TPSA) is 128 Å². The smallest absolute Gasteiger partial charge is 0.294 e. The van der Waals surface area contributed by atoms with Gasteiger partial charge in [0.1, 0.15) is 11.7 Å². The Bertz CT molecular complexity index is 1130. The number of nitrogens with zero attached hydrogens (tertiary/aromatic N) is 4. The van der Waals surface area contributed by atoms with Crippen molar-refractivity contribution in [1.29, 1.82) is 0 Å². The molecule has 3 heterocycles. The van der Waals surface area contributed by atoms with Crippen LogP contribution in [-0.4, -0.2) is 38.0 Å². The normalized spacial score (nSPS) is 15.3. The minimum absolute atomic E-state index is 0.0212. The first-order valence-corrected chi connectivity index (χ1v) is 11.1. The number of hydrogen-bond acceptors (Lipinski definition) is 8. The van der Waals surface area contributed by atoms with Crippen LogP contribution in [0.15, 0.2) is 35.4 Å². The summed E-state index contributed by atoms with van der Waals surface area (Å²) in [5, 5.41) is 6.65. The van der Waals surface area contributed by atoms with E-state index in [0.717, 1.165) is 29.1 Å². The van der Waals surface area contributed by atoms with Gasteiger partial charge in [-0.2, -0.15) is 0 Å². The molecule has 11 heteroatoms. The highest BCUT2D eigenvalue weighted by Gasteiger charge is 2.24. The van der Waals surface area contributed by atoms with Crippen molar-refractivity contribution in [2.45, 2.75) is 38.3 Å². The van der Waals surface area contributed by atoms with Gasteiger partial charge in [0, 0.05) is 42.2 Å². The van der Waals surface area contributed by atoms with E-state index in [1.165, 1.54) is 22.1 Å². The summed E-state index contributed by atoms with van der Waals surface area (Å²) in [4.78, 5) is 39.1. The fraction of sp³-hybridized carbons (Fsp3) is 0.350. The third-order valence-electron chi connectivity index (χ3n) is 5.03. The van der Waals surface area contributed by atoms with Crippen molar-refractivity contribution in [3.63, 3.8) is 0 Å². The van der Waals surface area contributed by atoms with Crippen molar-refractivity contribution < 1.29 is 4.79 Å². The number of aromatic nitrogens is 4. The molecule has 0 unspecified atom stereocenters. The summed E-state index contributed by atoms with van der Waals surface area (Å²) in [6.07, 6.45) is 5.96. The quantitative estimate of drug-likeness (QED) is 0.490. The average molecular weight is 460 g/mol. The number of nitrogens with two attached hydrogens (primary N) is 1. The van der Waals surface area contributed by atoms with E-state index in [9.17, 15) is 9.59 Å². The molecule has 1 atom stereocenters. The number of anilines is 2. The number of aryl methyl sites for hydroxylation is 1. The second-order valence-electron chi connectivity index (χ2n) is 7.25. The average Bonchev–Trinajstić information content (AvgIpc) is 3.13. The van der Waals surface area contributed by atoms with Crippen LogP contribution in [0, 0.1) is 0 Å². The molecule has 0 radical (unpaired) electrons. The molecule has 0 saturated heterocycles. The summed E-state index contributed by atoms with van der Waals surface area (Å²) in [7, 11) is 0. The summed E-state index contributed by atoms with van der Waals surface area (Å²) in [5.74, 6) is -0.129. The van der Waals surface area contributed by atoms with Gasteiger partial charge in [0.2, 0.25) is 5.91 Å². The lowest BCUT2D eigenvalue weighted by molar-refractivity contribution is -0.122. The summed E-state index contributed by atoms with van der Waals surface area (Å²) >= 11 is 7.61. The molecule has 1 aliphatic carbocycles. The Hall–Kier alpha value is -2.98. The van der Waals surface area contributed by atoms with Crippen molar-refractivity contribution in [2.75, 3.05) is 17.6 Å². The Labute approximate surface area is 187 Å². The number of carbonyl (C=O) groups excluding carboxylic acids is 1. The molecule has 9 nitrogen and oxygen atoms in total. The molecule has 4 rings (SSSR count). The zero-order valence-corrected chi connectivity index (χ0v) is 18.2. The van der Waals surface area contributed by atoms with Gasteiger partial charge in [0.25, 0.3) is 5.56 Å². The molecule has 31 heavy (non-hydrogen) atoms. The number of pyridine rings is 1. The standard InChI is InChI=1S/C20H22ClN7O2S/c21-16-10-25-18(24-8-6-12-3-1-2-7-23-12)19(30)28(16)11-17(29)26-13-4-5-14-15(9-13)31-20(22)27-14/h1-3,7,10,13H,4-6,8-9,11H2,(H2,22,27)(H,24,25)(H,26,29)/t13-/m1/s1. The Morgan fingerprint density at radius 3 is 3.03 bits per heavy atom. The molecule has 0 aromatic carbocycles. The Morgan fingerprint density at radius 1 is 1.35 bits per heavy atom. The number of halogens is 1. The third-order valence-corrected chi connectivity index (χ3v) is 6.28. The van der Waals surface area contributed by atoms with Crippen molar-refractivity contribution in [3.05, 3.63) is 62.4 Å². The van der Waals surface area contributed by atoms with Crippen LogP contribution >= 0.6 is 22.9 Å². The first-order chi connectivity index (χ1) is 15.0. The first kappa shape index (κ1) is 21.3. The molecular weight excluding hydrogens is 438 g/mol. The number of nitrogens with one attached hydrogen (secondary N) is 2. The van der Waals surface area contributed by atoms with E-state index in [-0.39, 0.29) is 29.5 Å². The minimum Gasteiger partial charge on any atom is -0.375 e. The Kier molecular flexibility index (Phi) is 6.47. The minimum atomic E-state index is -0.440. The molecule has 3 aromatic heterocycles. The predicted octanol–water partition coefficient (Wildman–Crippen LogP) is 1.66. The number of amides is 1. The van der Waals surface area contributed by atoms with Gasteiger partial charge in [0.05, 0.1) is 11.9 Å². The van der Waals surface area contributed by atoms with Crippen LogP contribution < -0.4 is 21.9 Å².